The van der Waals surface area contributed by atoms with Crippen molar-refractivity contribution < 1.29 is 4.79 Å². The second-order valence-corrected chi connectivity index (χ2v) is 6.89. The van der Waals surface area contributed by atoms with Crippen LogP contribution in [0.2, 0.25) is 0 Å². The fourth-order valence-corrected chi connectivity index (χ4v) is 2.72. The van der Waals surface area contributed by atoms with Crippen LogP contribution in [-0.4, -0.2) is 23.9 Å². The Labute approximate surface area is 123 Å². The van der Waals surface area contributed by atoms with Crippen LogP contribution in [0.4, 0.5) is 0 Å². The first-order valence-corrected chi connectivity index (χ1v) is 7.84. The Morgan fingerprint density at radius 1 is 1.05 bits per heavy atom. The topological polar surface area (TPSA) is 20.3 Å². The lowest BCUT2D eigenvalue weighted by molar-refractivity contribution is -0.132. The van der Waals surface area contributed by atoms with Crippen molar-refractivity contribution in [3.63, 3.8) is 0 Å². The molecule has 0 radical (unpaired) electrons. The number of benzene rings is 1. The average Bonchev–Trinajstić information content (AvgIpc) is 2.45. The highest BCUT2D eigenvalue weighted by molar-refractivity contribution is 5.76. The molecular formula is C18H27NO. The summed E-state index contributed by atoms with van der Waals surface area (Å²) in [4.78, 5) is 14.2. The number of carbonyl (C=O) groups is 1. The molecule has 1 fully saturated rings. The minimum Gasteiger partial charge on any atom is -0.343 e. The molecule has 0 aliphatic carbocycles. The first-order valence-electron chi connectivity index (χ1n) is 7.84. The molecule has 20 heavy (non-hydrogen) atoms. The van der Waals surface area contributed by atoms with E-state index >= 15 is 0 Å². The standard InChI is InChI=1S/C18H27NO/c1-18(2,3)16-10-7-15(8-11-16)9-12-17(20)19-13-5-4-6-14-19/h7-8,10-11H,4-6,9,12-14H2,1-3H3. The van der Waals surface area contributed by atoms with Gasteiger partial charge in [0.15, 0.2) is 0 Å². The van der Waals surface area contributed by atoms with Crippen LogP contribution in [0, 0.1) is 0 Å². The molecule has 2 nitrogen and oxygen atoms in total. The third kappa shape index (κ3) is 4.09. The summed E-state index contributed by atoms with van der Waals surface area (Å²) < 4.78 is 0. The molecular weight excluding hydrogens is 246 g/mol. The van der Waals surface area contributed by atoms with E-state index in [1.165, 1.54) is 30.4 Å². The van der Waals surface area contributed by atoms with Crippen LogP contribution in [-0.2, 0) is 16.6 Å². The number of carbonyl (C=O) groups excluding carboxylic acids is 1. The molecule has 1 heterocycles. The van der Waals surface area contributed by atoms with E-state index in [2.05, 4.69) is 45.0 Å². The van der Waals surface area contributed by atoms with Crippen LogP contribution in [0.1, 0.15) is 57.6 Å². The number of piperidine rings is 1. The Hall–Kier alpha value is -1.31. The summed E-state index contributed by atoms with van der Waals surface area (Å²) in [6.07, 6.45) is 5.13. The van der Waals surface area contributed by atoms with Crippen molar-refractivity contribution in [1.29, 1.82) is 0 Å². The lowest BCUT2D eigenvalue weighted by Gasteiger charge is -2.26. The number of rotatable bonds is 3. The molecule has 2 rings (SSSR count). The SMILES string of the molecule is CC(C)(C)c1ccc(CCC(=O)N2CCCCC2)cc1. The lowest BCUT2D eigenvalue weighted by atomic mass is 9.86. The second-order valence-electron chi connectivity index (χ2n) is 6.89. The van der Waals surface area contributed by atoms with Crippen molar-refractivity contribution in [2.75, 3.05) is 13.1 Å². The highest BCUT2D eigenvalue weighted by Crippen LogP contribution is 2.22. The fraction of sp³-hybridized carbons (Fsp3) is 0.611. The van der Waals surface area contributed by atoms with Gasteiger partial charge in [-0.25, -0.2) is 0 Å². The van der Waals surface area contributed by atoms with Gasteiger partial charge in [0.1, 0.15) is 0 Å². The van der Waals surface area contributed by atoms with Crippen molar-refractivity contribution in [3.8, 4) is 0 Å². The minimum atomic E-state index is 0.197. The van der Waals surface area contributed by atoms with E-state index in [1.807, 2.05) is 4.90 Å². The summed E-state index contributed by atoms with van der Waals surface area (Å²) >= 11 is 0. The zero-order valence-corrected chi connectivity index (χ0v) is 13.1. The van der Waals surface area contributed by atoms with Gasteiger partial charge in [-0.2, -0.15) is 0 Å². The maximum absolute atomic E-state index is 12.1. The third-order valence-corrected chi connectivity index (χ3v) is 4.16. The second kappa shape index (κ2) is 6.43. The molecule has 0 saturated carbocycles. The van der Waals surface area contributed by atoms with Crippen LogP contribution in [0.25, 0.3) is 0 Å². The van der Waals surface area contributed by atoms with Gasteiger partial charge in [-0.3, -0.25) is 4.79 Å². The largest absolute Gasteiger partial charge is 0.343 e. The lowest BCUT2D eigenvalue weighted by Crippen LogP contribution is -2.35. The number of hydrogen-bond donors (Lipinski definition) is 0. The predicted molar refractivity (Wildman–Crippen MR) is 83.9 cm³/mol. The van der Waals surface area contributed by atoms with Crippen LogP contribution in [0.3, 0.4) is 0 Å². The smallest absolute Gasteiger partial charge is 0.222 e. The van der Waals surface area contributed by atoms with E-state index in [0.29, 0.717) is 12.3 Å². The molecule has 1 aliphatic rings. The highest BCUT2D eigenvalue weighted by Gasteiger charge is 2.16. The summed E-state index contributed by atoms with van der Waals surface area (Å²) in [6.45, 7) is 8.59. The number of likely N-dealkylation sites (tertiary alicyclic amines) is 1. The van der Waals surface area contributed by atoms with Crippen molar-refractivity contribution in [3.05, 3.63) is 35.4 Å². The number of nitrogens with zero attached hydrogens (tertiary/aromatic N) is 1. The van der Waals surface area contributed by atoms with E-state index in [4.69, 9.17) is 0 Å². The molecule has 1 saturated heterocycles. The Bertz CT molecular complexity index is 435. The van der Waals surface area contributed by atoms with Crippen LogP contribution >= 0.6 is 0 Å². The van der Waals surface area contributed by atoms with E-state index in [-0.39, 0.29) is 5.41 Å². The van der Waals surface area contributed by atoms with Gasteiger partial charge in [-0.15, -0.1) is 0 Å². The van der Waals surface area contributed by atoms with Gasteiger partial charge in [0, 0.05) is 19.5 Å². The van der Waals surface area contributed by atoms with Gasteiger partial charge in [0.25, 0.3) is 0 Å². The Morgan fingerprint density at radius 3 is 2.20 bits per heavy atom. The number of hydrogen-bond acceptors (Lipinski definition) is 1. The van der Waals surface area contributed by atoms with E-state index in [1.54, 1.807) is 0 Å². The average molecular weight is 273 g/mol. The van der Waals surface area contributed by atoms with Crippen molar-refractivity contribution >= 4 is 5.91 Å². The fourth-order valence-electron chi connectivity index (χ4n) is 2.72. The Kier molecular flexibility index (Phi) is 4.85. The molecule has 1 aromatic carbocycles. The third-order valence-electron chi connectivity index (χ3n) is 4.16. The maximum atomic E-state index is 12.1. The first kappa shape index (κ1) is 15.1. The number of amides is 1. The van der Waals surface area contributed by atoms with Crippen molar-refractivity contribution in [2.45, 2.75) is 58.3 Å². The molecule has 0 spiro atoms. The highest BCUT2D eigenvalue weighted by atomic mass is 16.2. The summed E-state index contributed by atoms with van der Waals surface area (Å²) in [5, 5.41) is 0. The molecule has 1 aromatic rings. The maximum Gasteiger partial charge on any atom is 0.222 e. The van der Waals surface area contributed by atoms with E-state index < -0.39 is 0 Å². The molecule has 0 atom stereocenters. The molecule has 0 unspecified atom stereocenters. The summed E-state index contributed by atoms with van der Waals surface area (Å²) in [5.74, 6) is 0.324. The Balaban J connectivity index is 1.86. The zero-order chi connectivity index (χ0) is 14.6. The Morgan fingerprint density at radius 2 is 1.65 bits per heavy atom. The van der Waals surface area contributed by atoms with Crippen molar-refractivity contribution in [1.82, 2.24) is 4.90 Å². The predicted octanol–water partition coefficient (Wildman–Crippen LogP) is 3.93. The van der Waals surface area contributed by atoms with Gasteiger partial charge in [0.2, 0.25) is 5.91 Å². The quantitative estimate of drug-likeness (QED) is 0.817. The normalized spacial score (nSPS) is 16.2. The van der Waals surface area contributed by atoms with Crippen LogP contribution < -0.4 is 0 Å². The van der Waals surface area contributed by atoms with Gasteiger partial charge < -0.3 is 4.90 Å². The summed E-state index contributed by atoms with van der Waals surface area (Å²) in [6, 6.07) is 8.73. The molecule has 110 valence electrons. The van der Waals surface area contributed by atoms with Crippen LogP contribution in [0.5, 0.6) is 0 Å². The van der Waals surface area contributed by atoms with Gasteiger partial charge in [-0.1, -0.05) is 45.0 Å². The summed E-state index contributed by atoms with van der Waals surface area (Å²) in [5.41, 5.74) is 2.81. The molecule has 2 heteroatoms. The molecule has 0 aromatic heterocycles. The molecule has 1 aliphatic heterocycles. The van der Waals surface area contributed by atoms with Crippen molar-refractivity contribution in [2.24, 2.45) is 0 Å². The van der Waals surface area contributed by atoms with E-state index in [9.17, 15) is 4.79 Å². The van der Waals surface area contributed by atoms with Gasteiger partial charge in [-0.05, 0) is 42.2 Å². The zero-order valence-electron chi connectivity index (χ0n) is 13.1. The first-order chi connectivity index (χ1) is 9.47. The van der Waals surface area contributed by atoms with Gasteiger partial charge in [0.05, 0.1) is 0 Å². The summed E-state index contributed by atoms with van der Waals surface area (Å²) in [7, 11) is 0. The molecule has 0 N–H and O–H groups in total. The molecule has 1 amide bonds. The molecule has 0 bridgehead atoms. The van der Waals surface area contributed by atoms with Gasteiger partial charge >= 0.3 is 0 Å². The van der Waals surface area contributed by atoms with Crippen LogP contribution in [0.15, 0.2) is 24.3 Å². The number of aryl methyl sites for hydroxylation is 1. The minimum absolute atomic E-state index is 0.197. The monoisotopic (exact) mass is 273 g/mol. The van der Waals surface area contributed by atoms with E-state index in [0.717, 1.165) is 19.5 Å².